The van der Waals surface area contributed by atoms with E-state index in [1.807, 2.05) is 0 Å². The average molecular weight is 198 g/mol. The van der Waals surface area contributed by atoms with Crippen molar-refractivity contribution in [3.05, 3.63) is 47.5 Å². The molecule has 15 heavy (non-hydrogen) atoms. The van der Waals surface area contributed by atoms with Crippen LogP contribution >= 0.6 is 0 Å². The Balaban J connectivity index is 1.93. The van der Waals surface area contributed by atoms with Crippen molar-refractivity contribution in [1.82, 2.24) is 0 Å². The number of fused-ring (bicyclic) bond motifs is 4. The average Bonchev–Trinajstić information content (AvgIpc) is 2.22. The summed E-state index contributed by atoms with van der Waals surface area (Å²) in [6, 6.07) is 8.97. The van der Waals surface area contributed by atoms with Crippen LogP contribution < -0.4 is 0 Å². The fraction of sp³-hybridized carbons (Fsp3) is 0.467. The first-order chi connectivity index (χ1) is 7.36. The lowest BCUT2D eigenvalue weighted by Crippen LogP contribution is -2.24. The third-order valence-corrected chi connectivity index (χ3v) is 4.04. The van der Waals surface area contributed by atoms with Gasteiger partial charge in [0.25, 0.3) is 0 Å². The van der Waals surface area contributed by atoms with Crippen molar-refractivity contribution in [2.45, 2.75) is 38.0 Å². The molecule has 0 spiro atoms. The molecule has 0 amide bonds. The van der Waals surface area contributed by atoms with Gasteiger partial charge in [-0.05, 0) is 42.2 Å². The fourth-order valence-corrected chi connectivity index (χ4v) is 3.08. The number of allylic oxidation sites excluding steroid dienone is 2. The third kappa shape index (κ3) is 1.43. The largest absolute Gasteiger partial charge is 0.0876 e. The number of benzene rings is 1. The lowest BCUT2D eigenvalue weighted by Gasteiger charge is -2.39. The van der Waals surface area contributed by atoms with E-state index in [-0.39, 0.29) is 0 Å². The summed E-state index contributed by atoms with van der Waals surface area (Å²) in [5, 5.41) is 0. The Bertz CT molecular complexity index is 389. The van der Waals surface area contributed by atoms with Gasteiger partial charge in [0.2, 0.25) is 0 Å². The van der Waals surface area contributed by atoms with E-state index < -0.39 is 0 Å². The van der Waals surface area contributed by atoms with Crippen LogP contribution in [0, 0.1) is 5.92 Å². The molecular weight excluding hydrogens is 180 g/mol. The molecule has 0 aliphatic heterocycles. The highest BCUT2D eigenvalue weighted by Gasteiger charge is 2.35. The molecule has 0 radical (unpaired) electrons. The third-order valence-electron chi connectivity index (χ3n) is 4.04. The van der Waals surface area contributed by atoms with Gasteiger partial charge in [-0.15, -0.1) is 0 Å². The SMILES string of the molecule is CC1CC=CC2c3ccccc3C2CC1. The van der Waals surface area contributed by atoms with Crippen molar-refractivity contribution < 1.29 is 0 Å². The Morgan fingerprint density at radius 2 is 1.87 bits per heavy atom. The van der Waals surface area contributed by atoms with Gasteiger partial charge in [-0.2, -0.15) is 0 Å². The molecule has 0 aromatic heterocycles. The normalized spacial score (nSPS) is 33.3. The molecule has 3 rings (SSSR count). The summed E-state index contributed by atoms with van der Waals surface area (Å²) in [5.41, 5.74) is 3.19. The minimum Gasteiger partial charge on any atom is -0.0876 e. The molecule has 0 bridgehead atoms. The number of rotatable bonds is 0. The molecule has 0 nitrogen and oxygen atoms in total. The second-order valence-electron chi connectivity index (χ2n) is 5.11. The van der Waals surface area contributed by atoms with Gasteiger partial charge in [0.1, 0.15) is 0 Å². The van der Waals surface area contributed by atoms with E-state index >= 15 is 0 Å². The molecule has 2 aliphatic carbocycles. The van der Waals surface area contributed by atoms with Crippen molar-refractivity contribution in [2.75, 3.05) is 0 Å². The Morgan fingerprint density at radius 3 is 2.73 bits per heavy atom. The van der Waals surface area contributed by atoms with Crippen molar-refractivity contribution in [3.63, 3.8) is 0 Å². The van der Waals surface area contributed by atoms with Crippen LogP contribution in [0.25, 0.3) is 0 Å². The van der Waals surface area contributed by atoms with E-state index in [1.54, 1.807) is 11.1 Å². The van der Waals surface area contributed by atoms with Gasteiger partial charge in [-0.25, -0.2) is 0 Å². The summed E-state index contributed by atoms with van der Waals surface area (Å²) >= 11 is 0. The lowest BCUT2D eigenvalue weighted by molar-refractivity contribution is 0.413. The second kappa shape index (κ2) is 3.52. The van der Waals surface area contributed by atoms with Crippen molar-refractivity contribution in [1.29, 1.82) is 0 Å². The van der Waals surface area contributed by atoms with Gasteiger partial charge in [0.15, 0.2) is 0 Å². The zero-order valence-corrected chi connectivity index (χ0v) is 9.32. The summed E-state index contributed by atoms with van der Waals surface area (Å²) in [5.74, 6) is 2.42. The first kappa shape index (κ1) is 9.21. The molecule has 78 valence electrons. The summed E-state index contributed by atoms with van der Waals surface area (Å²) < 4.78 is 0. The predicted molar refractivity (Wildman–Crippen MR) is 64.1 cm³/mol. The Hall–Kier alpha value is -1.04. The number of hydrogen-bond donors (Lipinski definition) is 0. The topological polar surface area (TPSA) is 0 Å². The van der Waals surface area contributed by atoms with Crippen LogP contribution in [0.2, 0.25) is 0 Å². The zero-order chi connectivity index (χ0) is 10.3. The molecule has 1 aromatic rings. The maximum absolute atomic E-state index is 2.45. The van der Waals surface area contributed by atoms with E-state index in [0.717, 1.165) is 17.8 Å². The molecule has 0 saturated heterocycles. The van der Waals surface area contributed by atoms with Crippen LogP contribution in [0.4, 0.5) is 0 Å². The van der Waals surface area contributed by atoms with Crippen LogP contribution in [0.15, 0.2) is 36.4 Å². The van der Waals surface area contributed by atoms with Crippen molar-refractivity contribution in [3.8, 4) is 0 Å². The van der Waals surface area contributed by atoms with E-state index in [9.17, 15) is 0 Å². The maximum atomic E-state index is 2.45. The lowest BCUT2D eigenvalue weighted by atomic mass is 9.64. The Kier molecular flexibility index (Phi) is 2.16. The van der Waals surface area contributed by atoms with E-state index in [1.165, 1.54) is 19.3 Å². The summed E-state index contributed by atoms with van der Waals surface area (Å²) in [7, 11) is 0. The van der Waals surface area contributed by atoms with Gasteiger partial charge >= 0.3 is 0 Å². The molecule has 0 saturated carbocycles. The van der Waals surface area contributed by atoms with Crippen LogP contribution in [0.3, 0.4) is 0 Å². The molecule has 0 fully saturated rings. The van der Waals surface area contributed by atoms with Gasteiger partial charge in [0.05, 0.1) is 0 Å². The first-order valence-corrected chi connectivity index (χ1v) is 6.12. The summed E-state index contributed by atoms with van der Waals surface area (Å²) in [4.78, 5) is 0. The second-order valence-corrected chi connectivity index (χ2v) is 5.11. The van der Waals surface area contributed by atoms with Crippen LogP contribution in [0.1, 0.15) is 49.1 Å². The fourth-order valence-electron chi connectivity index (χ4n) is 3.08. The van der Waals surface area contributed by atoms with E-state index in [0.29, 0.717) is 0 Å². The zero-order valence-electron chi connectivity index (χ0n) is 9.32. The molecule has 1 aromatic carbocycles. The highest BCUT2D eigenvalue weighted by Crippen LogP contribution is 2.51. The standard InChI is InChI=1S/C15H18/c1-11-5-4-8-14-12-6-2-3-7-13(12)15(14)10-9-11/h2-4,6-8,11,14-15H,5,9-10H2,1H3. The summed E-state index contributed by atoms with van der Waals surface area (Å²) in [6.07, 6.45) is 8.89. The highest BCUT2D eigenvalue weighted by atomic mass is 14.4. The molecule has 0 heteroatoms. The highest BCUT2D eigenvalue weighted by molar-refractivity contribution is 5.47. The smallest absolute Gasteiger partial charge is 0.00896 e. The molecule has 0 heterocycles. The van der Waals surface area contributed by atoms with Gasteiger partial charge in [0, 0.05) is 5.92 Å². The van der Waals surface area contributed by atoms with E-state index in [4.69, 9.17) is 0 Å². The molecule has 0 N–H and O–H groups in total. The van der Waals surface area contributed by atoms with Gasteiger partial charge < -0.3 is 0 Å². The number of hydrogen-bond acceptors (Lipinski definition) is 0. The summed E-state index contributed by atoms with van der Waals surface area (Å²) in [6.45, 7) is 2.37. The van der Waals surface area contributed by atoms with Gasteiger partial charge in [-0.3, -0.25) is 0 Å². The maximum Gasteiger partial charge on any atom is 0.00896 e. The molecule has 3 atom stereocenters. The van der Waals surface area contributed by atoms with Crippen LogP contribution in [0.5, 0.6) is 0 Å². The Labute approximate surface area is 92.0 Å². The van der Waals surface area contributed by atoms with Crippen molar-refractivity contribution >= 4 is 0 Å². The van der Waals surface area contributed by atoms with Crippen molar-refractivity contribution in [2.24, 2.45) is 5.92 Å². The van der Waals surface area contributed by atoms with Gasteiger partial charge in [-0.1, -0.05) is 43.3 Å². The molecular formula is C15H18. The van der Waals surface area contributed by atoms with Crippen LogP contribution in [-0.4, -0.2) is 0 Å². The first-order valence-electron chi connectivity index (χ1n) is 6.12. The predicted octanol–water partition coefficient (Wildman–Crippen LogP) is 4.24. The molecule has 3 unspecified atom stereocenters. The minimum atomic E-state index is 0.730. The van der Waals surface area contributed by atoms with Crippen LogP contribution in [-0.2, 0) is 0 Å². The molecule has 2 aliphatic rings. The quantitative estimate of drug-likeness (QED) is 0.547. The monoisotopic (exact) mass is 198 g/mol. The Morgan fingerprint density at radius 1 is 1.07 bits per heavy atom. The minimum absolute atomic E-state index is 0.730. The van der Waals surface area contributed by atoms with E-state index in [2.05, 4.69) is 43.3 Å².